The van der Waals surface area contributed by atoms with Crippen LogP contribution in [0, 0.1) is 0 Å². The molecule has 0 bridgehead atoms. The quantitative estimate of drug-likeness (QED) is 0.914. The minimum Gasteiger partial charge on any atom is -0.493 e. The van der Waals surface area contributed by atoms with Crippen LogP contribution in [0.4, 0.5) is 0 Å². The summed E-state index contributed by atoms with van der Waals surface area (Å²) in [6.07, 6.45) is 1.01. The van der Waals surface area contributed by atoms with Crippen LogP contribution < -0.4 is 14.8 Å². The number of fused-ring (bicyclic) bond motifs is 1. The second-order valence-corrected chi connectivity index (χ2v) is 5.99. The molecule has 1 unspecified atom stereocenters. The zero-order valence-electron chi connectivity index (χ0n) is 12.3. The molecule has 0 heterocycles. The van der Waals surface area contributed by atoms with Gasteiger partial charge in [0.2, 0.25) is 0 Å². The first-order chi connectivity index (χ1) is 8.96. The molecular formula is C15H22ClNO2. The molecule has 0 aromatic heterocycles. The van der Waals surface area contributed by atoms with Crippen molar-refractivity contribution in [3.63, 3.8) is 0 Å². The van der Waals surface area contributed by atoms with Crippen molar-refractivity contribution in [2.45, 2.75) is 38.6 Å². The molecule has 0 fully saturated rings. The molecular weight excluding hydrogens is 262 g/mol. The monoisotopic (exact) mass is 283 g/mol. The second kappa shape index (κ2) is 5.22. The topological polar surface area (TPSA) is 30.5 Å². The maximum atomic E-state index is 6.47. The van der Waals surface area contributed by atoms with E-state index in [0.717, 1.165) is 29.3 Å². The van der Waals surface area contributed by atoms with E-state index in [9.17, 15) is 0 Å². The number of rotatable bonds is 4. The second-order valence-electron chi connectivity index (χ2n) is 5.58. The minimum absolute atomic E-state index is 0.0405. The molecule has 1 aliphatic carbocycles. The predicted molar refractivity (Wildman–Crippen MR) is 78.6 cm³/mol. The van der Waals surface area contributed by atoms with Gasteiger partial charge in [0, 0.05) is 22.7 Å². The summed E-state index contributed by atoms with van der Waals surface area (Å²) < 4.78 is 11.0. The molecule has 0 radical (unpaired) electrons. The third-order valence-corrected chi connectivity index (χ3v) is 4.15. The van der Waals surface area contributed by atoms with Crippen LogP contribution in [-0.2, 0) is 5.41 Å². The fourth-order valence-electron chi connectivity index (χ4n) is 3.15. The first-order valence-corrected chi connectivity index (χ1v) is 7.02. The van der Waals surface area contributed by atoms with E-state index >= 15 is 0 Å². The molecule has 1 aromatic rings. The molecule has 1 N–H and O–H groups in total. The molecule has 0 saturated heterocycles. The van der Waals surface area contributed by atoms with Crippen molar-refractivity contribution < 1.29 is 9.47 Å². The Balaban J connectivity index is 2.68. The van der Waals surface area contributed by atoms with Gasteiger partial charge in [0.15, 0.2) is 11.5 Å². The Morgan fingerprint density at radius 2 is 2.05 bits per heavy atom. The summed E-state index contributed by atoms with van der Waals surface area (Å²) in [5.41, 5.74) is 2.37. The number of hydrogen-bond donors (Lipinski definition) is 1. The molecule has 0 saturated carbocycles. The Morgan fingerprint density at radius 3 is 2.58 bits per heavy atom. The van der Waals surface area contributed by atoms with Crippen molar-refractivity contribution in [2.24, 2.45) is 0 Å². The van der Waals surface area contributed by atoms with E-state index in [1.165, 1.54) is 5.56 Å². The lowest BCUT2D eigenvalue weighted by molar-refractivity contribution is 0.347. The Hall–Kier alpha value is -0.930. The summed E-state index contributed by atoms with van der Waals surface area (Å²) in [5, 5.41) is 4.28. The van der Waals surface area contributed by atoms with Crippen molar-refractivity contribution >= 4 is 11.6 Å². The van der Waals surface area contributed by atoms with Gasteiger partial charge < -0.3 is 14.8 Å². The standard InChI is InChI=1S/C15H22ClNO2/c1-6-17-10-8-15(2,3)13-9(16)7-11(18-4)14(19-5)12(10)13/h7,10,17H,6,8H2,1-5H3. The summed E-state index contributed by atoms with van der Waals surface area (Å²) in [7, 11) is 3.32. The van der Waals surface area contributed by atoms with Gasteiger partial charge in [0.05, 0.1) is 14.2 Å². The maximum absolute atomic E-state index is 6.47. The fraction of sp³-hybridized carbons (Fsp3) is 0.600. The van der Waals surface area contributed by atoms with Crippen molar-refractivity contribution in [1.29, 1.82) is 0 Å². The van der Waals surface area contributed by atoms with E-state index in [1.54, 1.807) is 14.2 Å². The van der Waals surface area contributed by atoms with Gasteiger partial charge in [0.1, 0.15) is 0 Å². The zero-order chi connectivity index (χ0) is 14.2. The van der Waals surface area contributed by atoms with Gasteiger partial charge in [0.25, 0.3) is 0 Å². The molecule has 4 heteroatoms. The predicted octanol–water partition coefficient (Wildman–Crippen LogP) is 3.69. The zero-order valence-corrected chi connectivity index (χ0v) is 13.0. The normalized spacial score (nSPS) is 20.2. The van der Waals surface area contributed by atoms with Gasteiger partial charge in [-0.15, -0.1) is 0 Å². The average Bonchev–Trinajstić information content (AvgIpc) is 2.62. The number of nitrogens with one attached hydrogen (secondary N) is 1. The van der Waals surface area contributed by atoms with Gasteiger partial charge in [-0.25, -0.2) is 0 Å². The smallest absolute Gasteiger partial charge is 0.165 e. The first kappa shape index (κ1) is 14.5. The highest BCUT2D eigenvalue weighted by molar-refractivity contribution is 6.32. The van der Waals surface area contributed by atoms with Crippen molar-refractivity contribution in [3.8, 4) is 11.5 Å². The lowest BCUT2D eigenvalue weighted by Gasteiger charge is -2.21. The number of ether oxygens (including phenoxy) is 2. The molecule has 106 valence electrons. The van der Waals surface area contributed by atoms with Crippen LogP contribution in [-0.4, -0.2) is 20.8 Å². The van der Waals surface area contributed by atoms with Crippen LogP contribution in [0.1, 0.15) is 44.4 Å². The Kier molecular flexibility index (Phi) is 3.98. The van der Waals surface area contributed by atoms with Crippen LogP contribution in [0.15, 0.2) is 6.07 Å². The third kappa shape index (κ3) is 2.30. The SMILES string of the molecule is CCNC1CC(C)(C)c2c(Cl)cc(OC)c(OC)c21. The van der Waals surface area contributed by atoms with E-state index in [1.807, 2.05) is 6.07 Å². The highest BCUT2D eigenvalue weighted by Crippen LogP contribution is 2.54. The summed E-state index contributed by atoms with van der Waals surface area (Å²) in [5.74, 6) is 1.50. The Labute approximate surface area is 120 Å². The van der Waals surface area contributed by atoms with Gasteiger partial charge in [-0.05, 0) is 23.9 Å². The minimum atomic E-state index is 0.0405. The molecule has 1 atom stereocenters. The Bertz CT molecular complexity index is 486. The highest BCUT2D eigenvalue weighted by atomic mass is 35.5. The van der Waals surface area contributed by atoms with E-state index in [0.29, 0.717) is 5.75 Å². The van der Waals surface area contributed by atoms with E-state index in [-0.39, 0.29) is 11.5 Å². The molecule has 3 nitrogen and oxygen atoms in total. The third-order valence-electron chi connectivity index (χ3n) is 3.85. The van der Waals surface area contributed by atoms with Crippen LogP contribution in [0.3, 0.4) is 0 Å². The number of benzene rings is 1. The fourth-order valence-corrected chi connectivity index (χ4v) is 3.60. The molecule has 0 aliphatic heterocycles. The van der Waals surface area contributed by atoms with Gasteiger partial charge in [-0.2, -0.15) is 0 Å². The van der Waals surface area contributed by atoms with Gasteiger partial charge >= 0.3 is 0 Å². The summed E-state index contributed by atoms with van der Waals surface area (Å²) >= 11 is 6.47. The average molecular weight is 284 g/mol. The van der Waals surface area contributed by atoms with Gasteiger partial charge in [-0.3, -0.25) is 0 Å². The van der Waals surface area contributed by atoms with Crippen LogP contribution in [0.5, 0.6) is 11.5 Å². The van der Waals surface area contributed by atoms with Gasteiger partial charge in [-0.1, -0.05) is 32.4 Å². The molecule has 1 aromatic carbocycles. The summed E-state index contributed by atoms with van der Waals surface area (Å²) in [6, 6.07) is 2.12. The molecule has 2 rings (SSSR count). The van der Waals surface area contributed by atoms with Crippen LogP contribution in [0.25, 0.3) is 0 Å². The summed E-state index contributed by atoms with van der Waals surface area (Å²) in [4.78, 5) is 0. The van der Waals surface area contributed by atoms with E-state index in [2.05, 4.69) is 26.1 Å². The molecule has 19 heavy (non-hydrogen) atoms. The lowest BCUT2D eigenvalue weighted by atomic mass is 9.86. The lowest BCUT2D eigenvalue weighted by Crippen LogP contribution is -2.21. The number of methoxy groups -OCH3 is 2. The number of hydrogen-bond acceptors (Lipinski definition) is 3. The molecule has 0 amide bonds. The molecule has 0 spiro atoms. The largest absolute Gasteiger partial charge is 0.493 e. The van der Waals surface area contributed by atoms with E-state index in [4.69, 9.17) is 21.1 Å². The Morgan fingerprint density at radius 1 is 1.37 bits per heavy atom. The number of halogens is 1. The van der Waals surface area contributed by atoms with Crippen molar-refractivity contribution in [2.75, 3.05) is 20.8 Å². The summed E-state index contributed by atoms with van der Waals surface area (Å²) in [6.45, 7) is 7.47. The van der Waals surface area contributed by atoms with Crippen LogP contribution in [0.2, 0.25) is 5.02 Å². The highest BCUT2D eigenvalue weighted by Gasteiger charge is 2.41. The van der Waals surface area contributed by atoms with Crippen LogP contribution >= 0.6 is 11.6 Å². The first-order valence-electron chi connectivity index (χ1n) is 6.64. The van der Waals surface area contributed by atoms with E-state index < -0.39 is 0 Å². The maximum Gasteiger partial charge on any atom is 0.165 e. The van der Waals surface area contributed by atoms with Crippen molar-refractivity contribution in [1.82, 2.24) is 5.32 Å². The molecule has 1 aliphatic rings. The van der Waals surface area contributed by atoms with Crippen molar-refractivity contribution in [3.05, 3.63) is 22.2 Å².